The molecule has 8 nitrogen and oxygen atoms in total. The number of hydrogen-bond acceptors (Lipinski definition) is 9. The summed E-state index contributed by atoms with van der Waals surface area (Å²) in [6.07, 6.45) is 3.17. The van der Waals surface area contributed by atoms with E-state index in [1.165, 1.54) is 35.1 Å². The van der Waals surface area contributed by atoms with E-state index in [2.05, 4.69) is 15.2 Å². The van der Waals surface area contributed by atoms with Crippen LogP contribution in [0.4, 0.5) is 5.13 Å². The Labute approximate surface area is 215 Å². The number of aliphatic hydroxyl groups excluding tert-OH is 1. The molecule has 10 heteroatoms. The lowest BCUT2D eigenvalue weighted by molar-refractivity contribution is -0.132. The Balaban J connectivity index is 1.53. The Kier molecular flexibility index (Phi) is 6.79. The van der Waals surface area contributed by atoms with E-state index in [-0.39, 0.29) is 16.5 Å². The van der Waals surface area contributed by atoms with E-state index >= 15 is 0 Å². The van der Waals surface area contributed by atoms with Crippen LogP contribution in [0, 0.1) is 0 Å². The quantitative estimate of drug-likeness (QED) is 0.122. The van der Waals surface area contributed by atoms with E-state index in [0.29, 0.717) is 27.0 Å². The molecule has 1 aliphatic rings. The summed E-state index contributed by atoms with van der Waals surface area (Å²) >= 11 is 2.72. The van der Waals surface area contributed by atoms with Crippen LogP contribution in [0.1, 0.15) is 22.7 Å². The van der Waals surface area contributed by atoms with Crippen molar-refractivity contribution in [2.45, 2.75) is 16.1 Å². The van der Waals surface area contributed by atoms with Gasteiger partial charge in [0.05, 0.1) is 18.7 Å². The summed E-state index contributed by atoms with van der Waals surface area (Å²) in [5, 5.41) is 19.9. The molecule has 3 heterocycles. The van der Waals surface area contributed by atoms with Crippen molar-refractivity contribution >= 4 is 45.7 Å². The van der Waals surface area contributed by atoms with E-state index in [1.54, 1.807) is 48.8 Å². The molecule has 1 aliphatic heterocycles. The monoisotopic (exact) mass is 516 g/mol. The molecule has 0 spiro atoms. The van der Waals surface area contributed by atoms with Gasteiger partial charge in [0, 0.05) is 23.7 Å². The molecule has 1 N–H and O–H groups in total. The van der Waals surface area contributed by atoms with Crippen molar-refractivity contribution < 1.29 is 19.4 Å². The summed E-state index contributed by atoms with van der Waals surface area (Å²) in [4.78, 5) is 31.9. The third-order valence-electron chi connectivity index (χ3n) is 5.62. The number of aromatic nitrogens is 3. The first-order valence-corrected chi connectivity index (χ1v) is 12.7. The second-order valence-corrected chi connectivity index (χ2v) is 9.99. The van der Waals surface area contributed by atoms with E-state index in [4.69, 9.17) is 4.74 Å². The Morgan fingerprint density at radius 3 is 2.53 bits per heavy atom. The topological polar surface area (TPSA) is 106 Å². The standard InChI is InChI=1S/C26H20N4O4S2/c1-34-19-11-9-17(10-12-19)22(31)20-21(18-8-5-13-27-14-18)30(24(33)23(20)32)25-28-29-26(36-25)35-15-16-6-3-2-4-7-16/h2-14,21,31H,15H2,1H3. The second kappa shape index (κ2) is 10.3. The predicted molar refractivity (Wildman–Crippen MR) is 138 cm³/mol. The number of aliphatic hydroxyl groups is 1. The van der Waals surface area contributed by atoms with E-state index in [9.17, 15) is 14.7 Å². The molecule has 5 rings (SSSR count). The minimum absolute atomic E-state index is 0.0353. The highest BCUT2D eigenvalue weighted by atomic mass is 32.2. The Morgan fingerprint density at radius 1 is 1.06 bits per heavy atom. The highest BCUT2D eigenvalue weighted by Gasteiger charge is 2.48. The maximum absolute atomic E-state index is 13.2. The molecule has 0 saturated carbocycles. The van der Waals surface area contributed by atoms with Crippen LogP contribution in [-0.2, 0) is 15.3 Å². The van der Waals surface area contributed by atoms with Crippen molar-refractivity contribution in [2.75, 3.05) is 12.0 Å². The first-order chi connectivity index (χ1) is 17.6. The number of pyridine rings is 1. The summed E-state index contributed by atoms with van der Waals surface area (Å²) in [6, 6.07) is 19.1. The number of methoxy groups -OCH3 is 1. The average molecular weight is 517 g/mol. The zero-order valence-electron chi connectivity index (χ0n) is 19.1. The van der Waals surface area contributed by atoms with E-state index < -0.39 is 17.7 Å². The molecule has 4 aromatic rings. The smallest absolute Gasteiger partial charge is 0.301 e. The molecule has 1 fully saturated rings. The van der Waals surface area contributed by atoms with Crippen molar-refractivity contribution in [2.24, 2.45) is 0 Å². The van der Waals surface area contributed by atoms with Crippen molar-refractivity contribution in [1.29, 1.82) is 0 Å². The fourth-order valence-corrected chi connectivity index (χ4v) is 5.69. The first kappa shape index (κ1) is 23.7. The number of anilines is 1. The second-order valence-electron chi connectivity index (χ2n) is 7.81. The van der Waals surface area contributed by atoms with Gasteiger partial charge < -0.3 is 9.84 Å². The molecule has 1 atom stereocenters. The maximum Gasteiger partial charge on any atom is 0.301 e. The van der Waals surface area contributed by atoms with Crippen LogP contribution in [0.5, 0.6) is 5.75 Å². The third-order valence-corrected chi connectivity index (χ3v) is 7.74. The van der Waals surface area contributed by atoms with Crippen LogP contribution >= 0.6 is 23.1 Å². The predicted octanol–water partition coefficient (Wildman–Crippen LogP) is 4.86. The van der Waals surface area contributed by atoms with Gasteiger partial charge in [-0.1, -0.05) is 59.5 Å². The average Bonchev–Trinajstić information content (AvgIpc) is 3.50. The zero-order chi connectivity index (χ0) is 25.1. The Morgan fingerprint density at radius 2 is 1.83 bits per heavy atom. The first-order valence-electron chi connectivity index (χ1n) is 10.9. The van der Waals surface area contributed by atoms with Gasteiger partial charge in [0.2, 0.25) is 5.13 Å². The third kappa shape index (κ3) is 4.60. The minimum atomic E-state index is -0.902. The molecule has 2 aromatic heterocycles. The lowest BCUT2D eigenvalue weighted by Gasteiger charge is -2.22. The largest absolute Gasteiger partial charge is 0.507 e. The molecular formula is C26H20N4O4S2. The number of ether oxygens (including phenoxy) is 1. The highest BCUT2D eigenvalue weighted by Crippen LogP contribution is 2.43. The molecule has 180 valence electrons. The minimum Gasteiger partial charge on any atom is -0.507 e. The van der Waals surface area contributed by atoms with Gasteiger partial charge in [-0.3, -0.25) is 19.5 Å². The number of carbonyl (C=O) groups is 2. The van der Waals surface area contributed by atoms with Gasteiger partial charge in [0.25, 0.3) is 5.78 Å². The molecule has 0 bridgehead atoms. The lowest BCUT2D eigenvalue weighted by atomic mass is 9.96. The fourth-order valence-electron chi connectivity index (χ4n) is 3.86. The normalized spacial score (nSPS) is 16.9. The van der Waals surface area contributed by atoms with Crippen molar-refractivity contribution in [3.63, 3.8) is 0 Å². The van der Waals surface area contributed by atoms with Gasteiger partial charge in [-0.25, -0.2) is 0 Å². The molecule has 1 amide bonds. The summed E-state index contributed by atoms with van der Waals surface area (Å²) < 4.78 is 5.84. The number of hydrogen-bond donors (Lipinski definition) is 1. The van der Waals surface area contributed by atoms with E-state index in [1.807, 2.05) is 30.3 Å². The van der Waals surface area contributed by atoms with Gasteiger partial charge in [-0.2, -0.15) is 0 Å². The SMILES string of the molecule is COc1ccc(C(O)=C2C(=O)C(=O)N(c3nnc(SCc4ccccc4)s3)C2c2cccnc2)cc1. The number of Topliss-reactive ketones (excluding diaryl/α,β-unsaturated/α-hetero) is 1. The van der Waals surface area contributed by atoms with Gasteiger partial charge in [0.15, 0.2) is 4.34 Å². The molecule has 0 radical (unpaired) electrons. The van der Waals surface area contributed by atoms with Crippen LogP contribution in [0.2, 0.25) is 0 Å². The van der Waals surface area contributed by atoms with Crippen LogP contribution in [0.25, 0.3) is 5.76 Å². The molecule has 36 heavy (non-hydrogen) atoms. The summed E-state index contributed by atoms with van der Waals surface area (Å²) in [5.74, 6) is -0.570. The van der Waals surface area contributed by atoms with Crippen molar-refractivity contribution in [1.82, 2.24) is 15.2 Å². The number of amides is 1. The number of carbonyl (C=O) groups excluding carboxylic acids is 2. The summed E-state index contributed by atoms with van der Waals surface area (Å²) in [7, 11) is 1.54. The maximum atomic E-state index is 13.2. The van der Waals surface area contributed by atoms with Gasteiger partial charge in [0.1, 0.15) is 11.5 Å². The molecule has 0 aliphatic carbocycles. The van der Waals surface area contributed by atoms with Gasteiger partial charge in [-0.05, 0) is 41.5 Å². The van der Waals surface area contributed by atoms with Gasteiger partial charge >= 0.3 is 5.91 Å². The number of benzene rings is 2. The number of thioether (sulfide) groups is 1. The lowest BCUT2D eigenvalue weighted by Crippen LogP contribution is -2.29. The van der Waals surface area contributed by atoms with Crippen LogP contribution in [-0.4, -0.2) is 39.1 Å². The Bertz CT molecular complexity index is 1420. The molecule has 1 saturated heterocycles. The summed E-state index contributed by atoms with van der Waals surface area (Å²) in [6.45, 7) is 0. The molecular weight excluding hydrogens is 496 g/mol. The number of rotatable bonds is 7. The zero-order valence-corrected chi connectivity index (χ0v) is 20.7. The molecule has 2 aromatic carbocycles. The highest BCUT2D eigenvalue weighted by molar-refractivity contribution is 8.00. The van der Waals surface area contributed by atoms with Crippen molar-refractivity contribution in [3.05, 3.63) is 101 Å². The van der Waals surface area contributed by atoms with Crippen LogP contribution in [0.15, 0.2) is 89.0 Å². The van der Waals surface area contributed by atoms with Crippen LogP contribution < -0.4 is 9.64 Å². The van der Waals surface area contributed by atoms with Crippen molar-refractivity contribution in [3.8, 4) is 5.75 Å². The summed E-state index contributed by atoms with van der Waals surface area (Å²) in [5.41, 5.74) is 2.06. The van der Waals surface area contributed by atoms with Crippen LogP contribution in [0.3, 0.4) is 0 Å². The number of ketones is 1. The molecule has 1 unspecified atom stereocenters. The van der Waals surface area contributed by atoms with E-state index in [0.717, 1.165) is 5.56 Å². The fraction of sp³-hybridized carbons (Fsp3) is 0.115. The van der Waals surface area contributed by atoms with Gasteiger partial charge in [-0.15, -0.1) is 10.2 Å². The number of nitrogens with zero attached hydrogens (tertiary/aromatic N) is 4. The Hall–Kier alpha value is -4.02.